The molecule has 1 aliphatic rings. The van der Waals surface area contributed by atoms with E-state index in [-0.39, 0.29) is 6.10 Å². The molecule has 0 saturated carbocycles. The van der Waals surface area contributed by atoms with Gasteiger partial charge in [0.15, 0.2) is 0 Å². The summed E-state index contributed by atoms with van der Waals surface area (Å²) >= 11 is 5.82. The Morgan fingerprint density at radius 1 is 1.70 bits per heavy atom. The van der Waals surface area contributed by atoms with Crippen LogP contribution in [0.4, 0.5) is 0 Å². The number of nitrogens with zero attached hydrogens (tertiary/aromatic N) is 1. The molecule has 10 heavy (non-hydrogen) atoms. The first-order valence-corrected chi connectivity index (χ1v) is 3.47. The molecule has 0 unspecified atom stereocenters. The summed E-state index contributed by atoms with van der Waals surface area (Å²) in [6.07, 6.45) is 3.59. The fraction of sp³-hybridized carbons (Fsp3) is 0.286. The summed E-state index contributed by atoms with van der Waals surface area (Å²) in [5.41, 5.74) is 1.05. The van der Waals surface area contributed by atoms with Gasteiger partial charge in [-0.2, -0.15) is 0 Å². The van der Waals surface area contributed by atoms with Gasteiger partial charge in [0.2, 0.25) is 0 Å². The molecule has 1 fully saturated rings. The minimum absolute atomic E-state index is 0.232. The molecule has 1 aromatic heterocycles. The average molecular weight is 156 g/mol. The predicted molar refractivity (Wildman–Crippen MR) is 37.9 cm³/mol. The zero-order valence-corrected chi connectivity index (χ0v) is 6.01. The van der Waals surface area contributed by atoms with Gasteiger partial charge in [-0.3, -0.25) is 4.98 Å². The van der Waals surface area contributed by atoms with E-state index in [2.05, 4.69) is 4.98 Å². The summed E-state index contributed by atoms with van der Waals surface area (Å²) in [6.45, 7) is 0.795. The third kappa shape index (κ3) is 1.00. The molecule has 1 aromatic rings. The monoisotopic (exact) mass is 155 g/mol. The van der Waals surface area contributed by atoms with Crippen molar-refractivity contribution in [1.82, 2.24) is 4.98 Å². The molecule has 3 heteroatoms. The zero-order chi connectivity index (χ0) is 6.97. The van der Waals surface area contributed by atoms with E-state index in [4.69, 9.17) is 16.3 Å². The van der Waals surface area contributed by atoms with E-state index in [9.17, 15) is 0 Å². The van der Waals surface area contributed by atoms with Crippen LogP contribution in [0.1, 0.15) is 11.7 Å². The number of ether oxygens (including phenoxy) is 1. The van der Waals surface area contributed by atoms with E-state index >= 15 is 0 Å². The summed E-state index contributed by atoms with van der Waals surface area (Å²) in [6, 6.07) is 1.89. The van der Waals surface area contributed by atoms with Gasteiger partial charge in [0, 0.05) is 18.0 Å². The minimum Gasteiger partial charge on any atom is -0.368 e. The van der Waals surface area contributed by atoms with Crippen LogP contribution in [0.15, 0.2) is 18.5 Å². The molecule has 0 aliphatic carbocycles. The molecule has 0 N–H and O–H groups in total. The predicted octanol–water partition coefficient (Wildman–Crippen LogP) is 1.81. The van der Waals surface area contributed by atoms with Crippen molar-refractivity contribution in [3.63, 3.8) is 0 Å². The number of hydrogen-bond acceptors (Lipinski definition) is 2. The Labute approximate surface area is 63.8 Å². The first kappa shape index (κ1) is 6.13. The second-order valence-electron chi connectivity index (χ2n) is 2.22. The number of aromatic nitrogens is 1. The molecular weight excluding hydrogens is 150 g/mol. The van der Waals surface area contributed by atoms with Crippen LogP contribution in [0, 0.1) is 0 Å². The van der Waals surface area contributed by atoms with Gasteiger partial charge in [-0.25, -0.2) is 0 Å². The van der Waals surface area contributed by atoms with Crippen molar-refractivity contribution >= 4 is 11.6 Å². The highest BCUT2D eigenvalue weighted by atomic mass is 35.5. The van der Waals surface area contributed by atoms with E-state index in [1.54, 1.807) is 12.4 Å². The van der Waals surface area contributed by atoms with Crippen LogP contribution >= 0.6 is 11.6 Å². The maximum Gasteiger partial charge on any atom is 0.108 e. The smallest absolute Gasteiger partial charge is 0.108 e. The summed E-state index contributed by atoms with van der Waals surface area (Å²) in [4.78, 5) is 3.87. The second kappa shape index (κ2) is 2.22. The highest BCUT2D eigenvalue weighted by Gasteiger charge is 2.26. The van der Waals surface area contributed by atoms with Crippen molar-refractivity contribution in [2.45, 2.75) is 6.10 Å². The van der Waals surface area contributed by atoms with Crippen LogP contribution in [0.3, 0.4) is 0 Å². The number of halogens is 1. The summed E-state index contributed by atoms with van der Waals surface area (Å²) in [7, 11) is 0. The van der Waals surface area contributed by atoms with Crippen LogP contribution in [-0.2, 0) is 4.74 Å². The molecule has 1 saturated heterocycles. The van der Waals surface area contributed by atoms with Crippen LogP contribution < -0.4 is 0 Å². The zero-order valence-electron chi connectivity index (χ0n) is 5.25. The number of rotatable bonds is 1. The lowest BCUT2D eigenvalue weighted by molar-refractivity contribution is 0.415. The van der Waals surface area contributed by atoms with E-state index in [1.807, 2.05) is 6.07 Å². The van der Waals surface area contributed by atoms with Crippen molar-refractivity contribution in [3.8, 4) is 0 Å². The molecule has 0 amide bonds. The van der Waals surface area contributed by atoms with Gasteiger partial charge in [0.1, 0.15) is 6.10 Å². The van der Waals surface area contributed by atoms with Crippen molar-refractivity contribution < 1.29 is 4.74 Å². The Bertz CT molecular complexity index is 247. The molecule has 2 heterocycles. The number of pyridine rings is 1. The van der Waals surface area contributed by atoms with Gasteiger partial charge >= 0.3 is 0 Å². The van der Waals surface area contributed by atoms with Gasteiger partial charge in [-0.05, 0) is 6.07 Å². The number of epoxide rings is 1. The summed E-state index contributed by atoms with van der Waals surface area (Å²) in [5.74, 6) is 0. The molecular formula is C7H6ClNO. The van der Waals surface area contributed by atoms with Crippen LogP contribution in [0.5, 0.6) is 0 Å². The van der Waals surface area contributed by atoms with Gasteiger partial charge in [-0.1, -0.05) is 11.6 Å². The lowest BCUT2D eigenvalue weighted by atomic mass is 10.2. The van der Waals surface area contributed by atoms with Gasteiger partial charge in [0.05, 0.1) is 11.6 Å². The van der Waals surface area contributed by atoms with E-state index in [0.29, 0.717) is 5.02 Å². The fourth-order valence-electron chi connectivity index (χ4n) is 0.875. The number of hydrogen-bond donors (Lipinski definition) is 0. The van der Waals surface area contributed by atoms with E-state index in [1.165, 1.54) is 0 Å². The molecule has 0 radical (unpaired) electrons. The lowest BCUT2D eigenvalue weighted by Crippen LogP contribution is -1.82. The summed E-state index contributed by atoms with van der Waals surface area (Å²) < 4.78 is 5.06. The highest BCUT2D eigenvalue weighted by Crippen LogP contribution is 2.33. The first-order valence-electron chi connectivity index (χ1n) is 3.09. The van der Waals surface area contributed by atoms with Crippen LogP contribution in [-0.4, -0.2) is 11.6 Å². The second-order valence-corrected chi connectivity index (χ2v) is 2.63. The average Bonchev–Trinajstić information content (AvgIpc) is 2.71. The molecule has 52 valence electrons. The Kier molecular flexibility index (Phi) is 1.36. The molecule has 0 spiro atoms. The molecule has 1 atom stereocenters. The Morgan fingerprint density at radius 3 is 3.10 bits per heavy atom. The highest BCUT2D eigenvalue weighted by molar-refractivity contribution is 6.31. The maximum atomic E-state index is 5.82. The van der Waals surface area contributed by atoms with Crippen LogP contribution in [0.2, 0.25) is 5.02 Å². The topological polar surface area (TPSA) is 25.4 Å². The van der Waals surface area contributed by atoms with Crippen molar-refractivity contribution in [3.05, 3.63) is 29.0 Å². The normalized spacial score (nSPS) is 22.7. The Hall–Kier alpha value is -0.600. The van der Waals surface area contributed by atoms with Crippen molar-refractivity contribution in [1.29, 1.82) is 0 Å². The molecule has 2 rings (SSSR count). The van der Waals surface area contributed by atoms with Crippen molar-refractivity contribution in [2.24, 2.45) is 0 Å². The maximum absolute atomic E-state index is 5.82. The van der Waals surface area contributed by atoms with Gasteiger partial charge < -0.3 is 4.74 Å². The molecule has 0 aromatic carbocycles. The Balaban J connectivity index is 2.39. The van der Waals surface area contributed by atoms with Gasteiger partial charge in [0.25, 0.3) is 0 Å². The molecule has 0 bridgehead atoms. The summed E-state index contributed by atoms with van der Waals surface area (Å²) in [5, 5.41) is 0.699. The third-order valence-electron chi connectivity index (χ3n) is 1.48. The standard InChI is InChI=1S/C7H6ClNO/c8-6-3-9-2-1-5(6)7-4-10-7/h1-3,7H,4H2/t7-/m1/s1. The van der Waals surface area contributed by atoms with E-state index in [0.717, 1.165) is 12.2 Å². The Morgan fingerprint density at radius 2 is 2.50 bits per heavy atom. The van der Waals surface area contributed by atoms with E-state index < -0.39 is 0 Å². The molecule has 1 aliphatic heterocycles. The lowest BCUT2D eigenvalue weighted by Gasteiger charge is -1.95. The van der Waals surface area contributed by atoms with Gasteiger partial charge in [-0.15, -0.1) is 0 Å². The molecule has 2 nitrogen and oxygen atoms in total. The first-order chi connectivity index (χ1) is 4.88. The van der Waals surface area contributed by atoms with Crippen molar-refractivity contribution in [2.75, 3.05) is 6.61 Å². The quantitative estimate of drug-likeness (QED) is 0.578. The minimum atomic E-state index is 0.232. The van der Waals surface area contributed by atoms with Crippen LogP contribution in [0.25, 0.3) is 0 Å². The third-order valence-corrected chi connectivity index (χ3v) is 1.80. The fourth-order valence-corrected chi connectivity index (χ4v) is 1.12. The largest absolute Gasteiger partial charge is 0.368 e. The SMILES string of the molecule is Clc1cnccc1[C@H]1CO1.